The molecule has 0 radical (unpaired) electrons. The van der Waals surface area contributed by atoms with E-state index in [1.807, 2.05) is 53.4 Å². The van der Waals surface area contributed by atoms with Gasteiger partial charge in [-0.3, -0.25) is 4.57 Å². The van der Waals surface area contributed by atoms with Gasteiger partial charge < -0.3 is 0 Å². The fourth-order valence-electron chi connectivity index (χ4n) is 2.63. The Kier molecular flexibility index (Phi) is 4.51. The third-order valence-electron chi connectivity index (χ3n) is 3.80. The van der Waals surface area contributed by atoms with E-state index >= 15 is 0 Å². The first-order chi connectivity index (χ1) is 11.7. The normalized spacial score (nSPS) is 12.5. The average Bonchev–Trinajstić information content (AvgIpc) is 3.25. The van der Waals surface area contributed by atoms with Crippen molar-refractivity contribution < 1.29 is 4.21 Å². The maximum Gasteiger partial charge on any atom is 0.192 e. The molecule has 0 saturated heterocycles. The van der Waals surface area contributed by atoms with Crippen molar-refractivity contribution in [1.29, 1.82) is 0 Å². The van der Waals surface area contributed by atoms with Crippen molar-refractivity contribution >= 4 is 55.8 Å². The number of hydrogen-bond acceptors (Lipinski definition) is 3. The third-order valence-corrected chi connectivity index (χ3v) is 7.01. The van der Waals surface area contributed by atoms with Crippen LogP contribution in [0.2, 0.25) is 0 Å². The number of halogens is 1. The maximum absolute atomic E-state index is 12.6. The Morgan fingerprint density at radius 1 is 1.17 bits per heavy atom. The highest BCUT2D eigenvalue weighted by Gasteiger charge is 2.16. The van der Waals surface area contributed by atoms with Gasteiger partial charge in [0.2, 0.25) is 0 Å². The lowest BCUT2D eigenvalue weighted by molar-refractivity contribution is 0.590. The van der Waals surface area contributed by atoms with E-state index in [2.05, 4.69) is 45.1 Å². The van der Waals surface area contributed by atoms with Gasteiger partial charge in [0.05, 0.1) is 0 Å². The molecule has 120 valence electrons. The van der Waals surface area contributed by atoms with E-state index in [1.165, 1.54) is 4.88 Å². The van der Waals surface area contributed by atoms with Gasteiger partial charge in [0.1, 0.15) is 16.4 Å². The molecule has 0 spiro atoms. The number of thiol groups is 1. The standard InChI is InChI=1S/C18H13IN2OS2/c19-16-11-21(12-24(22)14-5-2-1-3-6-14)18-15(16)9-13(10-20-18)17-7-4-8-23-17/h1-11H,12H2/p+1. The lowest BCUT2D eigenvalue weighted by atomic mass is 10.2. The van der Waals surface area contributed by atoms with E-state index in [0.717, 1.165) is 25.1 Å². The van der Waals surface area contributed by atoms with Gasteiger partial charge in [0.15, 0.2) is 10.8 Å². The van der Waals surface area contributed by atoms with Crippen molar-refractivity contribution in [2.45, 2.75) is 10.8 Å². The molecule has 3 heterocycles. The molecule has 0 aliphatic heterocycles. The van der Waals surface area contributed by atoms with Crippen LogP contribution in [0.15, 0.2) is 71.2 Å². The molecular weight excluding hydrogens is 451 g/mol. The van der Waals surface area contributed by atoms with Gasteiger partial charge >= 0.3 is 0 Å². The Hall–Kier alpha value is -1.51. The van der Waals surface area contributed by atoms with E-state index in [0.29, 0.717) is 5.88 Å². The number of pyridine rings is 1. The van der Waals surface area contributed by atoms with E-state index in [-0.39, 0.29) is 0 Å². The molecule has 24 heavy (non-hydrogen) atoms. The Labute approximate surface area is 160 Å². The van der Waals surface area contributed by atoms with Gasteiger partial charge in [-0.05, 0) is 52.2 Å². The molecular formula is C18H14IN2OS2+. The SMILES string of the molecule is O=[SH+](Cn1cc(I)c2cc(-c3cccs3)cnc21)c1ccccc1. The molecule has 3 aromatic heterocycles. The summed E-state index contributed by atoms with van der Waals surface area (Å²) in [6, 6.07) is 15.9. The molecule has 1 aromatic carbocycles. The summed E-state index contributed by atoms with van der Waals surface area (Å²) in [6.45, 7) is 0. The Balaban J connectivity index is 1.71. The summed E-state index contributed by atoms with van der Waals surface area (Å²) in [5, 5.41) is 3.18. The Morgan fingerprint density at radius 2 is 2.00 bits per heavy atom. The monoisotopic (exact) mass is 465 g/mol. The molecule has 4 rings (SSSR count). The zero-order valence-corrected chi connectivity index (χ0v) is 16.5. The first-order valence-electron chi connectivity index (χ1n) is 7.40. The van der Waals surface area contributed by atoms with E-state index in [1.54, 1.807) is 11.3 Å². The van der Waals surface area contributed by atoms with Crippen molar-refractivity contribution in [2.24, 2.45) is 0 Å². The summed E-state index contributed by atoms with van der Waals surface area (Å²) in [5.41, 5.74) is 2.01. The predicted octanol–water partition coefficient (Wildman–Crippen LogP) is 5.08. The molecule has 0 aliphatic carbocycles. The van der Waals surface area contributed by atoms with Gasteiger partial charge in [-0.25, -0.2) is 4.98 Å². The van der Waals surface area contributed by atoms with Crippen LogP contribution in [0.5, 0.6) is 0 Å². The van der Waals surface area contributed by atoms with Gasteiger partial charge in [-0.2, -0.15) is 0 Å². The lowest BCUT2D eigenvalue weighted by Crippen LogP contribution is -2.03. The highest BCUT2D eigenvalue weighted by atomic mass is 127. The van der Waals surface area contributed by atoms with Gasteiger partial charge in [0.25, 0.3) is 0 Å². The summed E-state index contributed by atoms with van der Waals surface area (Å²) in [5.74, 6) is 0.449. The topological polar surface area (TPSA) is 34.9 Å². The predicted molar refractivity (Wildman–Crippen MR) is 110 cm³/mol. The van der Waals surface area contributed by atoms with Crippen molar-refractivity contribution in [3.05, 3.63) is 69.9 Å². The van der Waals surface area contributed by atoms with Crippen LogP contribution in [0.3, 0.4) is 0 Å². The fourth-order valence-corrected chi connectivity index (χ4v) is 5.23. The zero-order valence-electron chi connectivity index (χ0n) is 12.6. The second-order valence-electron chi connectivity index (χ2n) is 5.37. The molecule has 1 unspecified atom stereocenters. The first kappa shape index (κ1) is 16.0. The molecule has 0 bridgehead atoms. The van der Waals surface area contributed by atoms with Crippen molar-refractivity contribution in [1.82, 2.24) is 9.55 Å². The van der Waals surface area contributed by atoms with Crippen molar-refractivity contribution in [2.75, 3.05) is 0 Å². The summed E-state index contributed by atoms with van der Waals surface area (Å²) in [7, 11) is -1.48. The highest BCUT2D eigenvalue weighted by molar-refractivity contribution is 14.1. The van der Waals surface area contributed by atoms with Gasteiger partial charge in [0, 0.05) is 31.8 Å². The molecule has 0 saturated carbocycles. The van der Waals surface area contributed by atoms with Crippen LogP contribution in [0, 0.1) is 3.57 Å². The van der Waals surface area contributed by atoms with Crippen LogP contribution in [0.25, 0.3) is 21.5 Å². The van der Waals surface area contributed by atoms with Crippen molar-refractivity contribution in [3.8, 4) is 10.4 Å². The molecule has 0 N–H and O–H groups in total. The number of rotatable bonds is 4. The Bertz CT molecular complexity index is 1010. The first-order valence-corrected chi connectivity index (χ1v) is 10.8. The molecule has 0 fully saturated rings. The minimum absolute atomic E-state index is 0.449. The molecule has 3 nitrogen and oxygen atoms in total. The quantitative estimate of drug-likeness (QED) is 0.239. The molecule has 1 atom stereocenters. The maximum atomic E-state index is 12.6. The second-order valence-corrected chi connectivity index (χ2v) is 9.04. The number of aromatic nitrogens is 2. The highest BCUT2D eigenvalue weighted by Crippen LogP contribution is 2.30. The van der Waals surface area contributed by atoms with Crippen molar-refractivity contribution in [3.63, 3.8) is 0 Å². The van der Waals surface area contributed by atoms with E-state index < -0.39 is 10.8 Å². The number of fused-ring (bicyclic) bond motifs is 1. The average molecular weight is 465 g/mol. The zero-order chi connectivity index (χ0) is 16.5. The smallest absolute Gasteiger partial charge is 0.192 e. The molecule has 4 aromatic rings. The molecule has 0 aliphatic rings. The van der Waals surface area contributed by atoms with E-state index in [4.69, 9.17) is 0 Å². The van der Waals surface area contributed by atoms with Crippen LogP contribution in [-0.4, -0.2) is 9.55 Å². The lowest BCUT2D eigenvalue weighted by Gasteiger charge is -2.02. The minimum Gasteiger partial charge on any atom is -0.288 e. The number of hydrogen-bond donors (Lipinski definition) is 0. The van der Waals surface area contributed by atoms with Crippen LogP contribution >= 0.6 is 33.9 Å². The van der Waals surface area contributed by atoms with Crippen LogP contribution in [-0.2, 0) is 20.9 Å². The minimum atomic E-state index is -1.48. The Morgan fingerprint density at radius 3 is 2.75 bits per heavy atom. The number of benzene rings is 1. The largest absolute Gasteiger partial charge is 0.288 e. The summed E-state index contributed by atoms with van der Waals surface area (Å²) >= 11 is 4.03. The molecule has 0 amide bonds. The van der Waals surface area contributed by atoms with Crippen LogP contribution in [0.1, 0.15) is 0 Å². The molecule has 6 heteroatoms. The fraction of sp³-hybridized carbons (Fsp3) is 0.0556. The number of thiophene rings is 1. The third kappa shape index (κ3) is 3.05. The summed E-state index contributed by atoms with van der Waals surface area (Å²) < 4.78 is 15.8. The number of nitrogens with zero attached hydrogens (tertiary/aromatic N) is 2. The van der Waals surface area contributed by atoms with Crippen LogP contribution in [0.4, 0.5) is 0 Å². The second kappa shape index (κ2) is 6.78. The van der Waals surface area contributed by atoms with Crippen LogP contribution < -0.4 is 0 Å². The van der Waals surface area contributed by atoms with Gasteiger partial charge in [-0.1, -0.05) is 24.3 Å². The summed E-state index contributed by atoms with van der Waals surface area (Å²) in [6.07, 6.45) is 3.93. The summed E-state index contributed by atoms with van der Waals surface area (Å²) in [4.78, 5) is 6.73. The van der Waals surface area contributed by atoms with Gasteiger partial charge in [-0.15, -0.1) is 15.5 Å². The van der Waals surface area contributed by atoms with E-state index in [9.17, 15) is 4.21 Å².